The molecule has 0 aromatic heterocycles. The Morgan fingerprint density at radius 3 is 1.03 bits per heavy atom. The average Bonchev–Trinajstić information content (AvgIpc) is 2.90. The molecule has 0 aliphatic rings. The largest absolute Gasteiger partial charge is 0.288 e. The van der Waals surface area contributed by atoms with Gasteiger partial charge in [0.05, 0.1) is 9.81 Å². The maximum atomic E-state index is 13.6. The smallest absolute Gasteiger partial charge is 0.199 e. The summed E-state index contributed by atoms with van der Waals surface area (Å²) < 4.78 is 0. The van der Waals surface area contributed by atoms with Crippen molar-refractivity contribution in [3.05, 3.63) is 149 Å². The molecule has 0 saturated heterocycles. The summed E-state index contributed by atoms with van der Waals surface area (Å²) in [5, 5.41) is 2.20. The molecule has 0 saturated carbocycles. The van der Waals surface area contributed by atoms with Gasteiger partial charge in [0.2, 0.25) is 0 Å². The first-order valence-corrected chi connectivity index (χ1v) is 13.3. The second-order valence-corrected chi connectivity index (χ2v) is 10.7. The number of hydrogen-bond acceptors (Lipinski definition) is 3. The van der Waals surface area contributed by atoms with E-state index in [0.29, 0.717) is 41.0 Å². The summed E-state index contributed by atoms with van der Waals surface area (Å²) in [5.74, 6) is -0.495. The minimum Gasteiger partial charge on any atom is -0.288 e. The zero-order valence-electron chi connectivity index (χ0n) is 19.1. The SMILES string of the molecule is O=C(C(=Cc1ccc(Cl)cc1)S/C(=C\c1ccc(Cl)cc1)C(=O)c1ccc(Cl)cc1)c1ccc(Cl)cc1. The molecular weight excluding hydrogens is 566 g/mol. The van der Waals surface area contributed by atoms with E-state index in [-0.39, 0.29) is 11.6 Å². The van der Waals surface area contributed by atoms with E-state index in [0.717, 1.165) is 22.9 Å². The fourth-order valence-corrected chi connectivity index (χ4v) is 4.86. The Bertz CT molecular complexity index is 1360. The number of allylic oxidation sites excluding steroid dienone is 2. The van der Waals surface area contributed by atoms with Crippen molar-refractivity contribution in [2.24, 2.45) is 0 Å². The average molecular weight is 584 g/mol. The van der Waals surface area contributed by atoms with E-state index in [9.17, 15) is 9.59 Å². The van der Waals surface area contributed by atoms with Crippen LogP contribution in [0.15, 0.2) is 107 Å². The highest BCUT2D eigenvalue weighted by Crippen LogP contribution is 2.34. The summed E-state index contributed by atoms with van der Waals surface area (Å²) in [6.07, 6.45) is 3.48. The van der Waals surface area contributed by atoms with Gasteiger partial charge in [-0.25, -0.2) is 0 Å². The fraction of sp³-hybridized carbons (Fsp3) is 0. The third-order valence-electron chi connectivity index (χ3n) is 5.22. The lowest BCUT2D eigenvalue weighted by Crippen LogP contribution is -2.06. The molecule has 0 amide bonds. The third-order valence-corrected chi connectivity index (χ3v) is 7.27. The van der Waals surface area contributed by atoms with Crippen molar-refractivity contribution in [3.63, 3.8) is 0 Å². The normalized spacial score (nSPS) is 11.9. The van der Waals surface area contributed by atoms with Crippen LogP contribution in [0.25, 0.3) is 12.2 Å². The van der Waals surface area contributed by atoms with Gasteiger partial charge in [-0.15, -0.1) is 0 Å². The minimum absolute atomic E-state index is 0.248. The van der Waals surface area contributed by atoms with Crippen LogP contribution in [0.5, 0.6) is 0 Å². The molecule has 7 heteroatoms. The van der Waals surface area contributed by atoms with Crippen LogP contribution in [0.3, 0.4) is 0 Å². The summed E-state index contributed by atoms with van der Waals surface area (Å²) in [6.45, 7) is 0. The highest BCUT2D eigenvalue weighted by Gasteiger charge is 2.21. The van der Waals surface area contributed by atoms with Crippen LogP contribution >= 0.6 is 58.2 Å². The maximum absolute atomic E-state index is 13.6. The van der Waals surface area contributed by atoms with Crippen LogP contribution in [0.2, 0.25) is 20.1 Å². The molecule has 0 aliphatic heterocycles. The molecule has 184 valence electrons. The number of halogens is 4. The van der Waals surface area contributed by atoms with E-state index < -0.39 is 0 Å². The Morgan fingerprint density at radius 1 is 0.459 bits per heavy atom. The number of thioether (sulfide) groups is 1. The molecule has 2 nitrogen and oxygen atoms in total. The van der Waals surface area contributed by atoms with E-state index in [1.54, 1.807) is 84.9 Å². The lowest BCUT2D eigenvalue weighted by atomic mass is 10.1. The van der Waals surface area contributed by atoms with Crippen LogP contribution in [-0.2, 0) is 0 Å². The number of ketones is 2. The van der Waals surface area contributed by atoms with E-state index in [2.05, 4.69) is 0 Å². The first-order chi connectivity index (χ1) is 17.8. The van der Waals surface area contributed by atoms with Crippen molar-refractivity contribution in [1.29, 1.82) is 0 Å². The van der Waals surface area contributed by atoms with Gasteiger partial charge in [-0.1, -0.05) is 82.4 Å². The van der Waals surface area contributed by atoms with Gasteiger partial charge in [0.1, 0.15) is 0 Å². The molecule has 0 fully saturated rings. The fourth-order valence-electron chi connectivity index (χ4n) is 3.31. The molecule has 0 N–H and O–H groups in total. The monoisotopic (exact) mass is 582 g/mol. The second-order valence-electron chi connectivity index (χ2n) is 7.89. The third kappa shape index (κ3) is 7.61. The maximum Gasteiger partial charge on any atom is 0.199 e. The molecule has 4 rings (SSSR count). The van der Waals surface area contributed by atoms with Gasteiger partial charge >= 0.3 is 0 Å². The summed E-state index contributed by atoms with van der Waals surface area (Å²) in [4.78, 5) is 28.0. The number of benzene rings is 4. The highest BCUT2D eigenvalue weighted by molar-refractivity contribution is 8.08. The highest BCUT2D eigenvalue weighted by atomic mass is 35.5. The standard InChI is InChI=1S/C30H18Cl4O2S/c31-23-9-1-19(2-10-23)17-27(29(35)21-5-13-25(33)14-6-21)37-28(18-20-3-11-24(32)12-4-20)30(36)22-7-15-26(34)16-8-22/h1-18H/b27-17-,28-18?. The topological polar surface area (TPSA) is 34.1 Å². The second kappa shape index (κ2) is 12.6. The Labute approximate surface area is 239 Å². The zero-order chi connectivity index (χ0) is 26.4. The first-order valence-electron chi connectivity index (χ1n) is 11.0. The van der Waals surface area contributed by atoms with Gasteiger partial charge in [0.25, 0.3) is 0 Å². The molecule has 4 aromatic carbocycles. The van der Waals surface area contributed by atoms with E-state index in [1.165, 1.54) is 0 Å². The summed E-state index contributed by atoms with van der Waals surface area (Å²) in [6, 6.07) is 27.4. The molecule has 0 heterocycles. The van der Waals surface area contributed by atoms with Gasteiger partial charge in [-0.3, -0.25) is 9.59 Å². The van der Waals surface area contributed by atoms with Gasteiger partial charge < -0.3 is 0 Å². The summed E-state index contributed by atoms with van der Waals surface area (Å²) in [5.41, 5.74) is 2.42. The predicted octanol–water partition coefficient (Wildman–Crippen LogP) is 10.2. The van der Waals surface area contributed by atoms with Gasteiger partial charge in [0.15, 0.2) is 11.6 Å². The Hall–Kier alpha value is -2.79. The molecule has 0 unspecified atom stereocenters. The number of rotatable bonds is 8. The van der Waals surface area contributed by atoms with Crippen LogP contribution in [0.1, 0.15) is 31.8 Å². The Balaban J connectivity index is 1.80. The Kier molecular flexibility index (Phi) is 9.31. The molecule has 0 spiro atoms. The predicted molar refractivity (Wildman–Crippen MR) is 158 cm³/mol. The van der Waals surface area contributed by atoms with Crippen LogP contribution in [0, 0.1) is 0 Å². The number of carbonyl (C=O) groups is 2. The molecule has 0 aliphatic carbocycles. The number of Topliss-reactive ketones (excluding diaryl/α,β-unsaturated/α-hetero) is 2. The summed E-state index contributed by atoms with van der Waals surface area (Å²) in [7, 11) is 0. The van der Waals surface area contributed by atoms with Crippen LogP contribution in [-0.4, -0.2) is 11.6 Å². The molecule has 0 bridgehead atoms. The Morgan fingerprint density at radius 2 is 0.730 bits per heavy atom. The van der Waals surface area contributed by atoms with Crippen molar-refractivity contribution >= 4 is 81.9 Å². The molecular formula is C30H18Cl4O2S. The lowest BCUT2D eigenvalue weighted by Gasteiger charge is -2.11. The lowest BCUT2D eigenvalue weighted by molar-refractivity contribution is 0.103. The zero-order valence-corrected chi connectivity index (χ0v) is 23.0. The molecule has 4 aromatic rings. The van der Waals surface area contributed by atoms with Crippen molar-refractivity contribution in [1.82, 2.24) is 0 Å². The van der Waals surface area contributed by atoms with Crippen molar-refractivity contribution < 1.29 is 9.59 Å². The summed E-state index contributed by atoms with van der Waals surface area (Å²) >= 11 is 25.3. The van der Waals surface area contributed by atoms with Crippen molar-refractivity contribution in [2.45, 2.75) is 0 Å². The van der Waals surface area contributed by atoms with Gasteiger partial charge in [-0.2, -0.15) is 0 Å². The quantitative estimate of drug-likeness (QED) is 0.153. The van der Waals surface area contributed by atoms with E-state index in [4.69, 9.17) is 46.4 Å². The van der Waals surface area contributed by atoms with Gasteiger partial charge in [-0.05, 0) is 96.1 Å². The first kappa shape index (κ1) is 27.3. The van der Waals surface area contributed by atoms with Crippen molar-refractivity contribution in [3.8, 4) is 0 Å². The van der Waals surface area contributed by atoms with Gasteiger partial charge in [0, 0.05) is 31.2 Å². The minimum atomic E-state index is -0.248. The van der Waals surface area contributed by atoms with E-state index >= 15 is 0 Å². The molecule has 0 atom stereocenters. The molecule has 0 radical (unpaired) electrons. The van der Waals surface area contributed by atoms with Crippen LogP contribution in [0.4, 0.5) is 0 Å². The van der Waals surface area contributed by atoms with Crippen LogP contribution < -0.4 is 0 Å². The molecule has 37 heavy (non-hydrogen) atoms. The number of hydrogen-bond donors (Lipinski definition) is 0. The number of carbonyl (C=O) groups excluding carboxylic acids is 2. The van der Waals surface area contributed by atoms with E-state index in [1.807, 2.05) is 24.3 Å². The van der Waals surface area contributed by atoms with Crippen molar-refractivity contribution in [2.75, 3.05) is 0 Å².